The van der Waals surface area contributed by atoms with Gasteiger partial charge < -0.3 is 5.73 Å². The lowest BCUT2D eigenvalue weighted by Crippen LogP contribution is -2.13. The molecule has 0 saturated carbocycles. The largest absolute Gasteiger partial charge is 0.324 e. The van der Waals surface area contributed by atoms with Crippen molar-refractivity contribution in [3.63, 3.8) is 0 Å². The van der Waals surface area contributed by atoms with E-state index in [0.717, 1.165) is 9.99 Å². The Bertz CT molecular complexity index is 492. The molecular formula is C9H8BrN3O. The second-order valence-electron chi connectivity index (χ2n) is 2.87. The van der Waals surface area contributed by atoms with Crippen molar-refractivity contribution >= 4 is 32.6 Å². The number of nitrogens with one attached hydrogen (secondary N) is 1. The Morgan fingerprint density at radius 1 is 1.57 bits per heavy atom. The number of hydrogen-bond donors (Lipinski definition) is 2. The zero-order chi connectivity index (χ0) is 10.1. The fourth-order valence-electron chi connectivity index (χ4n) is 1.34. The predicted octanol–water partition coefficient (Wildman–Crippen LogP) is 1.47. The van der Waals surface area contributed by atoms with Gasteiger partial charge in [-0.1, -0.05) is 6.07 Å². The number of carbonyl (C=O) groups excluding carboxylic acids is 1. The summed E-state index contributed by atoms with van der Waals surface area (Å²) in [6.45, 7) is 0.00356. The van der Waals surface area contributed by atoms with Crippen molar-refractivity contribution in [2.45, 2.75) is 0 Å². The average Bonchev–Trinajstić information content (AvgIpc) is 2.59. The Morgan fingerprint density at radius 3 is 3.07 bits per heavy atom. The first-order chi connectivity index (χ1) is 6.74. The second-order valence-corrected chi connectivity index (χ2v) is 3.66. The number of carbonyl (C=O) groups is 1. The molecule has 0 aliphatic rings. The number of para-hydroxylation sites is 1. The Kier molecular flexibility index (Phi) is 2.35. The van der Waals surface area contributed by atoms with Crippen LogP contribution in [0.15, 0.2) is 22.8 Å². The molecule has 0 fully saturated rings. The van der Waals surface area contributed by atoms with Crippen molar-refractivity contribution < 1.29 is 4.79 Å². The van der Waals surface area contributed by atoms with Gasteiger partial charge in [-0.15, -0.1) is 0 Å². The number of aromatic amines is 1. The summed E-state index contributed by atoms with van der Waals surface area (Å²) in [6, 6.07) is 5.42. The average molecular weight is 254 g/mol. The monoisotopic (exact) mass is 253 g/mol. The highest BCUT2D eigenvalue weighted by molar-refractivity contribution is 9.10. The van der Waals surface area contributed by atoms with E-state index in [1.54, 1.807) is 6.07 Å². The smallest absolute Gasteiger partial charge is 0.178 e. The minimum Gasteiger partial charge on any atom is -0.324 e. The van der Waals surface area contributed by atoms with Gasteiger partial charge in [0.1, 0.15) is 10.1 Å². The van der Waals surface area contributed by atoms with E-state index in [-0.39, 0.29) is 12.3 Å². The second kappa shape index (κ2) is 3.51. The molecule has 14 heavy (non-hydrogen) atoms. The van der Waals surface area contributed by atoms with E-state index in [1.807, 2.05) is 12.1 Å². The highest BCUT2D eigenvalue weighted by Gasteiger charge is 2.11. The number of Topliss-reactive ketones (excluding diaryl/α,β-unsaturated/α-hetero) is 1. The van der Waals surface area contributed by atoms with E-state index in [2.05, 4.69) is 26.1 Å². The summed E-state index contributed by atoms with van der Waals surface area (Å²) in [5.74, 6) is -0.102. The molecule has 0 amide bonds. The summed E-state index contributed by atoms with van der Waals surface area (Å²) in [7, 11) is 0. The van der Waals surface area contributed by atoms with E-state index in [0.29, 0.717) is 11.1 Å². The quantitative estimate of drug-likeness (QED) is 0.797. The molecule has 3 N–H and O–H groups in total. The first-order valence-electron chi connectivity index (χ1n) is 4.10. The van der Waals surface area contributed by atoms with Crippen molar-refractivity contribution in [1.29, 1.82) is 0 Å². The zero-order valence-corrected chi connectivity index (χ0v) is 8.84. The van der Waals surface area contributed by atoms with Crippen molar-refractivity contribution in [2.24, 2.45) is 5.73 Å². The third-order valence-electron chi connectivity index (χ3n) is 2.02. The molecule has 1 heterocycles. The van der Waals surface area contributed by atoms with Gasteiger partial charge in [0.05, 0.1) is 6.54 Å². The first-order valence-corrected chi connectivity index (χ1v) is 4.89. The van der Waals surface area contributed by atoms with Gasteiger partial charge >= 0.3 is 0 Å². The van der Waals surface area contributed by atoms with E-state index >= 15 is 0 Å². The van der Waals surface area contributed by atoms with Gasteiger partial charge in [-0.05, 0) is 28.1 Å². The fraction of sp³-hybridized carbons (Fsp3) is 0.111. The van der Waals surface area contributed by atoms with Crippen LogP contribution in [0.3, 0.4) is 0 Å². The van der Waals surface area contributed by atoms with Crippen LogP contribution in [0.5, 0.6) is 0 Å². The molecule has 1 aromatic carbocycles. The number of benzene rings is 1. The summed E-state index contributed by atoms with van der Waals surface area (Å²) >= 11 is 3.31. The first kappa shape index (κ1) is 9.36. The molecule has 1 aromatic heterocycles. The molecule has 5 heteroatoms. The fourth-order valence-corrected chi connectivity index (χ4v) is 1.75. The summed E-state index contributed by atoms with van der Waals surface area (Å²) in [5, 5.41) is 7.70. The number of ketones is 1. The Morgan fingerprint density at radius 2 is 2.36 bits per heavy atom. The van der Waals surface area contributed by atoms with Crippen LogP contribution in [0, 0.1) is 0 Å². The molecule has 2 aromatic rings. The summed E-state index contributed by atoms with van der Waals surface area (Å²) in [6.07, 6.45) is 0. The molecule has 0 unspecified atom stereocenters. The third kappa shape index (κ3) is 1.34. The van der Waals surface area contributed by atoms with Crippen LogP contribution in [-0.2, 0) is 0 Å². The van der Waals surface area contributed by atoms with E-state index in [4.69, 9.17) is 5.73 Å². The van der Waals surface area contributed by atoms with Gasteiger partial charge in [-0.3, -0.25) is 9.89 Å². The molecule has 0 atom stereocenters. The lowest BCUT2D eigenvalue weighted by atomic mass is 10.1. The van der Waals surface area contributed by atoms with Crippen LogP contribution in [0.25, 0.3) is 10.9 Å². The van der Waals surface area contributed by atoms with E-state index in [1.165, 1.54) is 0 Å². The van der Waals surface area contributed by atoms with Crippen molar-refractivity contribution in [3.8, 4) is 0 Å². The van der Waals surface area contributed by atoms with Crippen LogP contribution >= 0.6 is 15.9 Å². The van der Waals surface area contributed by atoms with Crippen molar-refractivity contribution in [2.75, 3.05) is 6.54 Å². The molecule has 0 bridgehead atoms. The SMILES string of the molecule is NCC(=O)c1cccc2c(Br)[nH]nc12. The lowest BCUT2D eigenvalue weighted by molar-refractivity contribution is 0.100. The van der Waals surface area contributed by atoms with Gasteiger partial charge in [0, 0.05) is 10.9 Å². The van der Waals surface area contributed by atoms with Gasteiger partial charge in [-0.25, -0.2) is 0 Å². The topological polar surface area (TPSA) is 71.8 Å². The molecule has 4 nitrogen and oxygen atoms in total. The summed E-state index contributed by atoms with van der Waals surface area (Å²) in [5.41, 5.74) is 6.53. The molecule has 0 aliphatic carbocycles. The van der Waals surface area contributed by atoms with Crippen LogP contribution < -0.4 is 5.73 Å². The van der Waals surface area contributed by atoms with Gasteiger partial charge in [0.2, 0.25) is 0 Å². The van der Waals surface area contributed by atoms with E-state index < -0.39 is 0 Å². The predicted molar refractivity (Wildman–Crippen MR) is 57.2 cm³/mol. The Balaban J connectivity index is 2.71. The van der Waals surface area contributed by atoms with Crippen LogP contribution in [0.4, 0.5) is 0 Å². The van der Waals surface area contributed by atoms with Gasteiger partial charge in [0.15, 0.2) is 5.78 Å². The van der Waals surface area contributed by atoms with Gasteiger partial charge in [-0.2, -0.15) is 5.10 Å². The maximum atomic E-state index is 11.4. The number of rotatable bonds is 2. The lowest BCUT2D eigenvalue weighted by Gasteiger charge is -1.97. The number of halogens is 1. The minimum atomic E-state index is -0.102. The molecule has 0 radical (unpaired) electrons. The number of nitrogens with two attached hydrogens (primary N) is 1. The Hall–Kier alpha value is -1.20. The summed E-state index contributed by atoms with van der Waals surface area (Å²) in [4.78, 5) is 11.4. The molecule has 72 valence electrons. The number of hydrogen-bond acceptors (Lipinski definition) is 3. The number of fused-ring (bicyclic) bond motifs is 1. The molecular weight excluding hydrogens is 246 g/mol. The van der Waals surface area contributed by atoms with Crippen molar-refractivity contribution in [1.82, 2.24) is 10.2 Å². The number of aromatic nitrogens is 2. The molecule has 2 rings (SSSR count). The van der Waals surface area contributed by atoms with Crippen LogP contribution in [-0.4, -0.2) is 22.5 Å². The third-order valence-corrected chi connectivity index (χ3v) is 2.63. The standard InChI is InChI=1S/C9H8BrN3O/c10-9-6-3-1-2-5(7(14)4-11)8(6)12-13-9/h1-3H,4,11H2,(H,12,13). The number of nitrogens with zero attached hydrogens (tertiary/aromatic N) is 1. The van der Waals surface area contributed by atoms with Crippen molar-refractivity contribution in [3.05, 3.63) is 28.4 Å². The maximum Gasteiger partial charge on any atom is 0.178 e. The van der Waals surface area contributed by atoms with E-state index in [9.17, 15) is 4.79 Å². The van der Waals surface area contributed by atoms with Gasteiger partial charge in [0.25, 0.3) is 0 Å². The normalized spacial score (nSPS) is 10.7. The highest BCUT2D eigenvalue weighted by atomic mass is 79.9. The Labute approximate surface area is 88.6 Å². The summed E-state index contributed by atoms with van der Waals surface area (Å²) < 4.78 is 0.777. The maximum absolute atomic E-state index is 11.4. The highest BCUT2D eigenvalue weighted by Crippen LogP contribution is 2.23. The number of H-pyrrole nitrogens is 1. The zero-order valence-electron chi connectivity index (χ0n) is 7.25. The molecule has 0 spiro atoms. The molecule has 0 aliphatic heterocycles. The van der Waals surface area contributed by atoms with Crippen LogP contribution in [0.1, 0.15) is 10.4 Å². The molecule has 0 saturated heterocycles. The minimum absolute atomic E-state index is 0.00356. The van der Waals surface area contributed by atoms with Crippen LogP contribution in [0.2, 0.25) is 0 Å².